The molecule has 1 aromatic carbocycles. The third-order valence-electron chi connectivity index (χ3n) is 3.26. The highest BCUT2D eigenvalue weighted by molar-refractivity contribution is 5.90. The Kier molecular flexibility index (Phi) is 4.14. The summed E-state index contributed by atoms with van der Waals surface area (Å²) in [5, 5.41) is 7.73. The third kappa shape index (κ3) is 3.42. The van der Waals surface area contributed by atoms with E-state index in [0.29, 0.717) is 28.6 Å². The molecule has 3 aromatic rings. The van der Waals surface area contributed by atoms with Crippen LogP contribution in [0.25, 0.3) is 11.5 Å². The molecule has 6 nitrogen and oxygen atoms in total. The topological polar surface area (TPSA) is 78.1 Å². The Bertz CT molecular complexity index is 815. The first-order chi connectivity index (χ1) is 11.1. The summed E-state index contributed by atoms with van der Waals surface area (Å²) >= 11 is 0. The highest BCUT2D eigenvalue weighted by atomic mass is 16.5. The van der Waals surface area contributed by atoms with E-state index >= 15 is 0 Å². The summed E-state index contributed by atoms with van der Waals surface area (Å²) in [7, 11) is 0. The first-order valence-electron chi connectivity index (χ1n) is 7.16. The smallest absolute Gasteiger partial charge is 0.338 e. The van der Waals surface area contributed by atoms with Crippen molar-refractivity contribution in [3.8, 4) is 11.5 Å². The lowest BCUT2D eigenvalue weighted by atomic mass is 10.1. The number of pyridine rings is 1. The first kappa shape index (κ1) is 14.9. The van der Waals surface area contributed by atoms with E-state index in [1.807, 2.05) is 18.2 Å². The minimum absolute atomic E-state index is 0.370. The van der Waals surface area contributed by atoms with Crippen molar-refractivity contribution in [2.75, 3.05) is 0 Å². The number of carbonyl (C=O) groups is 1. The van der Waals surface area contributed by atoms with Gasteiger partial charge in [-0.1, -0.05) is 12.1 Å². The van der Waals surface area contributed by atoms with Crippen LogP contribution in [-0.4, -0.2) is 21.2 Å². The molecular weight excluding hydrogens is 294 g/mol. The molecule has 0 saturated carbocycles. The van der Waals surface area contributed by atoms with Crippen LogP contribution in [0.15, 0.2) is 53.1 Å². The second kappa shape index (κ2) is 6.39. The van der Waals surface area contributed by atoms with Crippen LogP contribution in [0.3, 0.4) is 0 Å². The average Bonchev–Trinajstić information content (AvgIpc) is 3.02. The van der Waals surface area contributed by atoms with E-state index in [0.717, 1.165) is 0 Å². The van der Waals surface area contributed by atoms with Crippen molar-refractivity contribution in [1.29, 1.82) is 0 Å². The van der Waals surface area contributed by atoms with Gasteiger partial charge in [-0.15, -0.1) is 10.2 Å². The van der Waals surface area contributed by atoms with Crippen molar-refractivity contribution in [1.82, 2.24) is 15.2 Å². The molecule has 0 unspecified atom stereocenters. The summed E-state index contributed by atoms with van der Waals surface area (Å²) in [5.74, 6) is 0.410. The molecule has 0 spiro atoms. The first-order valence-corrected chi connectivity index (χ1v) is 7.16. The number of esters is 1. The quantitative estimate of drug-likeness (QED) is 0.688. The molecule has 0 aliphatic rings. The highest BCUT2D eigenvalue weighted by Gasteiger charge is 2.16. The zero-order chi connectivity index (χ0) is 16.2. The van der Waals surface area contributed by atoms with Gasteiger partial charge in [0.1, 0.15) is 6.10 Å². The molecule has 1 atom stereocenters. The number of rotatable bonds is 4. The van der Waals surface area contributed by atoms with Crippen molar-refractivity contribution in [2.24, 2.45) is 0 Å². The monoisotopic (exact) mass is 309 g/mol. The Morgan fingerprint density at radius 3 is 2.74 bits per heavy atom. The van der Waals surface area contributed by atoms with E-state index in [2.05, 4.69) is 15.2 Å². The number of benzene rings is 1. The van der Waals surface area contributed by atoms with Gasteiger partial charge < -0.3 is 9.15 Å². The van der Waals surface area contributed by atoms with Gasteiger partial charge >= 0.3 is 5.97 Å². The largest absolute Gasteiger partial charge is 0.453 e. The van der Waals surface area contributed by atoms with Gasteiger partial charge in [-0.3, -0.25) is 4.98 Å². The fourth-order valence-electron chi connectivity index (χ4n) is 2.10. The maximum Gasteiger partial charge on any atom is 0.338 e. The molecule has 0 saturated heterocycles. The maximum absolute atomic E-state index is 12.3. The van der Waals surface area contributed by atoms with Crippen molar-refractivity contribution in [2.45, 2.75) is 20.0 Å². The molecule has 3 rings (SSSR count). The summed E-state index contributed by atoms with van der Waals surface area (Å²) in [6.45, 7) is 3.49. The van der Waals surface area contributed by atoms with Gasteiger partial charge in [0.2, 0.25) is 11.8 Å². The molecule has 0 fully saturated rings. The third-order valence-corrected chi connectivity index (χ3v) is 3.26. The van der Waals surface area contributed by atoms with Crippen LogP contribution in [0.4, 0.5) is 0 Å². The SMILES string of the molecule is Cc1nnc(-c2cccc(C(=O)O[C@@H](C)c3ccccn3)c2)o1. The van der Waals surface area contributed by atoms with Crippen LogP contribution < -0.4 is 0 Å². The van der Waals surface area contributed by atoms with Crippen LogP contribution in [0, 0.1) is 6.92 Å². The molecule has 6 heteroatoms. The van der Waals surface area contributed by atoms with E-state index in [9.17, 15) is 4.79 Å². The van der Waals surface area contributed by atoms with Gasteiger partial charge in [-0.2, -0.15) is 0 Å². The summed E-state index contributed by atoms with van der Waals surface area (Å²) in [4.78, 5) is 16.5. The van der Waals surface area contributed by atoms with E-state index in [-0.39, 0.29) is 0 Å². The number of carbonyl (C=O) groups excluding carboxylic acids is 1. The lowest BCUT2D eigenvalue weighted by Crippen LogP contribution is -2.10. The predicted octanol–water partition coefficient (Wildman–Crippen LogP) is 3.36. The van der Waals surface area contributed by atoms with Crippen molar-refractivity contribution >= 4 is 5.97 Å². The summed E-state index contributed by atoms with van der Waals surface area (Å²) in [6.07, 6.45) is 1.23. The maximum atomic E-state index is 12.3. The number of ether oxygens (including phenoxy) is 1. The standard InChI is InChI=1S/C17H15N3O3/c1-11(15-8-3-4-9-18-15)22-17(21)14-7-5-6-13(10-14)16-20-19-12(2)23-16/h3-11H,1-2H3/t11-/m0/s1. The van der Waals surface area contributed by atoms with E-state index in [1.54, 1.807) is 44.3 Å². The molecule has 116 valence electrons. The van der Waals surface area contributed by atoms with Crippen molar-refractivity contribution in [3.63, 3.8) is 0 Å². The van der Waals surface area contributed by atoms with Crippen molar-refractivity contribution in [3.05, 3.63) is 65.8 Å². The fraction of sp³-hybridized carbons (Fsp3) is 0.176. The Hall–Kier alpha value is -3.02. The predicted molar refractivity (Wildman–Crippen MR) is 82.5 cm³/mol. The van der Waals surface area contributed by atoms with E-state index < -0.39 is 12.1 Å². The van der Waals surface area contributed by atoms with Crippen LogP contribution >= 0.6 is 0 Å². The number of hydrogen-bond acceptors (Lipinski definition) is 6. The number of aromatic nitrogens is 3. The Morgan fingerprint density at radius 1 is 1.17 bits per heavy atom. The van der Waals surface area contributed by atoms with Gasteiger partial charge in [0.15, 0.2) is 0 Å². The molecular formula is C17H15N3O3. The lowest BCUT2D eigenvalue weighted by Gasteiger charge is -2.12. The molecule has 23 heavy (non-hydrogen) atoms. The summed E-state index contributed by atoms with van der Waals surface area (Å²) < 4.78 is 10.8. The molecule has 2 aromatic heterocycles. The lowest BCUT2D eigenvalue weighted by molar-refractivity contribution is 0.0329. The number of nitrogens with zero attached hydrogens (tertiary/aromatic N) is 3. The van der Waals surface area contributed by atoms with Crippen LogP contribution in [0.2, 0.25) is 0 Å². The Labute approximate surface area is 133 Å². The second-order valence-corrected chi connectivity index (χ2v) is 5.01. The van der Waals surface area contributed by atoms with Crippen molar-refractivity contribution < 1.29 is 13.9 Å². The van der Waals surface area contributed by atoms with E-state index in [4.69, 9.17) is 9.15 Å². The Morgan fingerprint density at radius 2 is 2.04 bits per heavy atom. The average molecular weight is 309 g/mol. The van der Waals surface area contributed by atoms with Gasteiger partial charge in [-0.05, 0) is 37.3 Å². The van der Waals surface area contributed by atoms with Crippen LogP contribution in [0.1, 0.15) is 35.0 Å². The molecule has 0 aliphatic heterocycles. The minimum Gasteiger partial charge on any atom is -0.453 e. The van der Waals surface area contributed by atoms with E-state index in [1.165, 1.54) is 0 Å². The number of hydrogen-bond donors (Lipinski definition) is 0. The Balaban J connectivity index is 1.78. The minimum atomic E-state index is -0.432. The van der Waals surface area contributed by atoms with Crippen LogP contribution in [0.5, 0.6) is 0 Å². The van der Waals surface area contributed by atoms with Gasteiger partial charge in [-0.25, -0.2) is 4.79 Å². The van der Waals surface area contributed by atoms with Gasteiger partial charge in [0.05, 0.1) is 11.3 Å². The fourth-order valence-corrected chi connectivity index (χ4v) is 2.10. The summed E-state index contributed by atoms with van der Waals surface area (Å²) in [5.41, 5.74) is 1.79. The molecule has 0 radical (unpaired) electrons. The van der Waals surface area contributed by atoms with Gasteiger partial charge in [0, 0.05) is 18.7 Å². The highest BCUT2D eigenvalue weighted by Crippen LogP contribution is 2.21. The van der Waals surface area contributed by atoms with Gasteiger partial charge in [0.25, 0.3) is 0 Å². The van der Waals surface area contributed by atoms with Crippen LogP contribution in [-0.2, 0) is 4.74 Å². The summed E-state index contributed by atoms with van der Waals surface area (Å²) in [6, 6.07) is 12.4. The molecule has 2 heterocycles. The zero-order valence-electron chi connectivity index (χ0n) is 12.8. The zero-order valence-corrected chi connectivity index (χ0v) is 12.8. The molecule has 0 N–H and O–H groups in total. The molecule has 0 bridgehead atoms. The molecule has 0 amide bonds. The second-order valence-electron chi connectivity index (χ2n) is 5.01. The normalized spacial score (nSPS) is 11.9. The molecule has 0 aliphatic carbocycles. The number of aryl methyl sites for hydroxylation is 1.